The van der Waals surface area contributed by atoms with Crippen LogP contribution in [0.4, 0.5) is 5.00 Å². The van der Waals surface area contributed by atoms with Crippen molar-refractivity contribution in [3.05, 3.63) is 52.7 Å². The summed E-state index contributed by atoms with van der Waals surface area (Å²) in [4.78, 5) is 25.3. The Morgan fingerprint density at radius 3 is 2.47 bits per heavy atom. The summed E-state index contributed by atoms with van der Waals surface area (Å²) in [6.07, 6.45) is 1.61. The van der Waals surface area contributed by atoms with Crippen LogP contribution in [0.3, 0.4) is 0 Å². The molecule has 0 saturated carbocycles. The Morgan fingerprint density at radius 2 is 1.83 bits per heavy atom. The van der Waals surface area contributed by atoms with Gasteiger partial charge in [0.1, 0.15) is 5.00 Å². The SMILES string of the molecule is COC(=O)c1cc(C)sc1NC(=O)c1ccn(COc2c(OC)cccc2OC)n1. The molecule has 0 aliphatic rings. The second kappa shape index (κ2) is 9.31. The molecule has 3 rings (SSSR count). The Hall–Kier alpha value is -3.53. The number of nitrogens with zero attached hydrogens (tertiary/aromatic N) is 2. The maximum absolute atomic E-state index is 12.6. The van der Waals surface area contributed by atoms with Gasteiger partial charge in [-0.15, -0.1) is 11.3 Å². The van der Waals surface area contributed by atoms with Crippen LogP contribution in [0.5, 0.6) is 17.2 Å². The summed E-state index contributed by atoms with van der Waals surface area (Å²) in [6.45, 7) is 1.88. The highest BCUT2D eigenvalue weighted by Crippen LogP contribution is 2.36. The lowest BCUT2D eigenvalue weighted by Gasteiger charge is -2.13. The summed E-state index contributed by atoms with van der Waals surface area (Å²) >= 11 is 1.28. The van der Waals surface area contributed by atoms with Crippen molar-refractivity contribution in [3.8, 4) is 17.2 Å². The van der Waals surface area contributed by atoms with Crippen molar-refractivity contribution >= 4 is 28.2 Å². The molecule has 0 atom stereocenters. The zero-order chi connectivity index (χ0) is 21.7. The van der Waals surface area contributed by atoms with Gasteiger partial charge in [0.25, 0.3) is 5.91 Å². The van der Waals surface area contributed by atoms with E-state index in [1.54, 1.807) is 36.5 Å². The van der Waals surface area contributed by atoms with Crippen LogP contribution in [0.1, 0.15) is 25.7 Å². The number of carbonyl (C=O) groups excluding carboxylic acids is 2. The van der Waals surface area contributed by atoms with Crippen molar-refractivity contribution in [1.82, 2.24) is 9.78 Å². The largest absolute Gasteiger partial charge is 0.493 e. The Bertz CT molecular complexity index is 1040. The molecule has 2 aromatic heterocycles. The van der Waals surface area contributed by atoms with Crippen LogP contribution in [-0.4, -0.2) is 43.0 Å². The zero-order valence-electron chi connectivity index (χ0n) is 16.9. The summed E-state index contributed by atoms with van der Waals surface area (Å²) in [7, 11) is 4.36. The normalized spacial score (nSPS) is 10.4. The molecule has 0 unspecified atom stereocenters. The van der Waals surface area contributed by atoms with Gasteiger partial charge in [-0.2, -0.15) is 5.10 Å². The lowest BCUT2D eigenvalue weighted by Crippen LogP contribution is -2.15. The van der Waals surface area contributed by atoms with E-state index in [1.807, 2.05) is 6.92 Å². The van der Waals surface area contributed by atoms with Gasteiger partial charge < -0.3 is 24.3 Å². The third kappa shape index (κ3) is 4.54. The lowest BCUT2D eigenvalue weighted by molar-refractivity contribution is 0.0602. The molecule has 0 spiro atoms. The number of methoxy groups -OCH3 is 3. The van der Waals surface area contributed by atoms with E-state index in [9.17, 15) is 9.59 Å². The van der Waals surface area contributed by atoms with Crippen LogP contribution >= 0.6 is 11.3 Å². The Kier molecular flexibility index (Phi) is 6.58. The third-order valence-electron chi connectivity index (χ3n) is 4.08. The van der Waals surface area contributed by atoms with Crippen molar-refractivity contribution in [2.75, 3.05) is 26.6 Å². The fourth-order valence-corrected chi connectivity index (χ4v) is 3.58. The van der Waals surface area contributed by atoms with Crippen molar-refractivity contribution in [2.24, 2.45) is 0 Å². The minimum Gasteiger partial charge on any atom is -0.493 e. The number of aryl methyl sites for hydroxylation is 1. The van der Waals surface area contributed by atoms with Gasteiger partial charge in [0, 0.05) is 11.1 Å². The lowest BCUT2D eigenvalue weighted by atomic mass is 10.3. The van der Waals surface area contributed by atoms with Crippen LogP contribution in [0.25, 0.3) is 0 Å². The van der Waals surface area contributed by atoms with Gasteiger partial charge in [-0.1, -0.05) is 6.07 Å². The molecule has 2 heterocycles. The van der Waals surface area contributed by atoms with Crippen LogP contribution in [0.15, 0.2) is 36.5 Å². The first-order chi connectivity index (χ1) is 14.5. The van der Waals surface area contributed by atoms with Gasteiger partial charge in [-0.25, -0.2) is 9.48 Å². The number of thiophene rings is 1. The summed E-state index contributed by atoms with van der Waals surface area (Å²) in [5.74, 6) is 0.501. The quantitative estimate of drug-likeness (QED) is 0.546. The molecule has 0 aliphatic heterocycles. The number of anilines is 1. The second-order valence-corrected chi connectivity index (χ2v) is 7.31. The van der Waals surface area contributed by atoms with Crippen LogP contribution in [0.2, 0.25) is 0 Å². The Labute approximate surface area is 177 Å². The fourth-order valence-electron chi connectivity index (χ4n) is 2.68. The van der Waals surface area contributed by atoms with E-state index in [0.29, 0.717) is 27.8 Å². The van der Waals surface area contributed by atoms with Crippen molar-refractivity contribution in [3.63, 3.8) is 0 Å². The number of para-hydroxylation sites is 1. The molecular weight excluding hydrogens is 410 g/mol. The van der Waals surface area contributed by atoms with Crippen molar-refractivity contribution < 1.29 is 28.5 Å². The number of esters is 1. The molecule has 9 nitrogen and oxygen atoms in total. The molecule has 1 N–H and O–H groups in total. The Morgan fingerprint density at radius 1 is 1.13 bits per heavy atom. The third-order valence-corrected chi connectivity index (χ3v) is 5.05. The number of hydrogen-bond acceptors (Lipinski definition) is 8. The monoisotopic (exact) mass is 431 g/mol. The minimum atomic E-state index is -0.515. The summed E-state index contributed by atoms with van der Waals surface area (Å²) in [5, 5.41) is 7.34. The summed E-state index contributed by atoms with van der Waals surface area (Å²) < 4.78 is 22.6. The number of amides is 1. The number of hydrogen-bond donors (Lipinski definition) is 1. The predicted octanol–water partition coefficient (Wildman–Crippen LogP) is 3.35. The molecule has 1 amide bonds. The number of ether oxygens (including phenoxy) is 4. The molecule has 1 aromatic carbocycles. The van der Waals surface area contributed by atoms with E-state index in [1.165, 1.54) is 37.3 Å². The van der Waals surface area contributed by atoms with Crippen molar-refractivity contribution in [2.45, 2.75) is 13.7 Å². The molecule has 158 valence electrons. The second-order valence-electron chi connectivity index (χ2n) is 6.05. The number of rotatable bonds is 8. The molecule has 0 aliphatic carbocycles. The van der Waals surface area contributed by atoms with E-state index < -0.39 is 11.9 Å². The van der Waals surface area contributed by atoms with E-state index in [0.717, 1.165) is 4.88 Å². The first-order valence-corrected chi connectivity index (χ1v) is 9.65. The van der Waals surface area contributed by atoms with Gasteiger partial charge in [-0.3, -0.25) is 4.79 Å². The van der Waals surface area contributed by atoms with Crippen molar-refractivity contribution in [1.29, 1.82) is 0 Å². The van der Waals surface area contributed by atoms with Crippen LogP contribution in [0, 0.1) is 6.92 Å². The standard InChI is InChI=1S/C20H21N3O6S/c1-12-10-13(20(25)28-4)19(30-12)21-18(24)14-8-9-23(22-14)11-29-17-15(26-2)6-5-7-16(17)27-3/h5-10H,11H2,1-4H3,(H,21,24). The first-order valence-electron chi connectivity index (χ1n) is 8.84. The van der Waals surface area contributed by atoms with Crippen LogP contribution in [-0.2, 0) is 11.5 Å². The highest BCUT2D eigenvalue weighted by atomic mass is 32.1. The number of benzene rings is 1. The van der Waals surface area contributed by atoms with Gasteiger partial charge in [0.2, 0.25) is 5.75 Å². The maximum atomic E-state index is 12.6. The molecule has 30 heavy (non-hydrogen) atoms. The van der Waals surface area contributed by atoms with E-state index in [2.05, 4.69) is 10.4 Å². The molecular formula is C20H21N3O6S. The number of nitrogens with one attached hydrogen (secondary N) is 1. The minimum absolute atomic E-state index is 0.0372. The highest BCUT2D eigenvalue weighted by Gasteiger charge is 2.19. The highest BCUT2D eigenvalue weighted by molar-refractivity contribution is 7.16. The zero-order valence-corrected chi connectivity index (χ0v) is 17.7. The maximum Gasteiger partial charge on any atom is 0.340 e. The van der Waals surface area contributed by atoms with E-state index in [4.69, 9.17) is 18.9 Å². The average molecular weight is 431 g/mol. The Balaban J connectivity index is 1.70. The predicted molar refractivity (Wildman–Crippen MR) is 111 cm³/mol. The molecule has 0 saturated heterocycles. The van der Waals surface area contributed by atoms with Gasteiger partial charge in [0.15, 0.2) is 23.9 Å². The smallest absolute Gasteiger partial charge is 0.340 e. The fraction of sp³-hybridized carbons (Fsp3) is 0.250. The first kappa shape index (κ1) is 21.2. The number of aromatic nitrogens is 2. The molecule has 3 aromatic rings. The molecule has 0 fully saturated rings. The topological polar surface area (TPSA) is 101 Å². The summed E-state index contributed by atoms with van der Waals surface area (Å²) in [6, 6.07) is 8.51. The van der Waals surface area contributed by atoms with E-state index in [-0.39, 0.29) is 12.4 Å². The molecule has 10 heteroatoms. The van der Waals surface area contributed by atoms with Gasteiger partial charge in [0.05, 0.1) is 26.9 Å². The van der Waals surface area contributed by atoms with Crippen LogP contribution < -0.4 is 19.5 Å². The molecule has 0 radical (unpaired) electrons. The van der Waals surface area contributed by atoms with Gasteiger partial charge >= 0.3 is 5.97 Å². The average Bonchev–Trinajstić information content (AvgIpc) is 3.37. The summed E-state index contributed by atoms with van der Waals surface area (Å²) in [5.41, 5.74) is 0.479. The van der Waals surface area contributed by atoms with Gasteiger partial charge in [-0.05, 0) is 31.2 Å². The van der Waals surface area contributed by atoms with E-state index >= 15 is 0 Å². The molecule has 0 bridgehead atoms. The number of carbonyl (C=O) groups is 2.